The number of unbranched alkanes of at least 4 members (excludes halogenated alkanes) is 1. The highest BCUT2D eigenvalue weighted by Gasteiger charge is 2.37. The Hall–Kier alpha value is -0.630. The van der Waals surface area contributed by atoms with Crippen LogP contribution in [0.2, 0.25) is 0 Å². The van der Waals surface area contributed by atoms with Crippen LogP contribution in [0.1, 0.15) is 40.0 Å². The Kier molecular flexibility index (Phi) is 6.07. The molecule has 1 heterocycles. The molecule has 0 aromatic heterocycles. The summed E-state index contributed by atoms with van der Waals surface area (Å²) in [6.07, 6.45) is 3.48. The lowest BCUT2D eigenvalue weighted by atomic mass is 9.79. The molecule has 18 heavy (non-hydrogen) atoms. The Morgan fingerprint density at radius 2 is 2.22 bits per heavy atom. The molecule has 1 rings (SSSR count). The summed E-state index contributed by atoms with van der Waals surface area (Å²) in [4.78, 5) is 0. The van der Waals surface area contributed by atoms with E-state index in [0.29, 0.717) is 6.04 Å². The Balaban J connectivity index is 2.52. The molecule has 0 bridgehead atoms. The lowest BCUT2D eigenvalue weighted by Gasteiger charge is -2.41. The number of nitrogens with one attached hydrogen (secondary N) is 2. The molecule has 1 aliphatic rings. The van der Waals surface area contributed by atoms with Gasteiger partial charge in [0.25, 0.3) is 0 Å². The molecule has 104 valence electrons. The van der Waals surface area contributed by atoms with E-state index in [1.165, 1.54) is 12.8 Å². The van der Waals surface area contributed by atoms with Gasteiger partial charge in [-0.15, -0.1) is 0 Å². The standard InChI is InChI=1S/C14H27N3O/c1-5-6-7-16-11-9-17-13(8-12(11)18-4)14(2,3)10-15/h11-13,16-17H,5-9H2,1-4H3. The molecule has 0 radical (unpaired) electrons. The Morgan fingerprint density at radius 3 is 2.78 bits per heavy atom. The first-order valence-electron chi connectivity index (χ1n) is 6.96. The highest BCUT2D eigenvalue weighted by atomic mass is 16.5. The van der Waals surface area contributed by atoms with Gasteiger partial charge in [0.15, 0.2) is 0 Å². The van der Waals surface area contributed by atoms with Crippen molar-refractivity contribution in [2.75, 3.05) is 20.2 Å². The van der Waals surface area contributed by atoms with E-state index in [9.17, 15) is 5.26 Å². The summed E-state index contributed by atoms with van der Waals surface area (Å²) < 4.78 is 5.59. The first-order chi connectivity index (χ1) is 8.55. The summed E-state index contributed by atoms with van der Waals surface area (Å²) in [7, 11) is 1.76. The minimum atomic E-state index is -0.342. The Labute approximate surface area is 111 Å². The van der Waals surface area contributed by atoms with Crippen molar-refractivity contribution in [2.45, 2.75) is 58.2 Å². The lowest BCUT2D eigenvalue weighted by molar-refractivity contribution is 0.0214. The number of ether oxygens (including phenoxy) is 1. The van der Waals surface area contributed by atoms with E-state index in [0.717, 1.165) is 19.5 Å². The third kappa shape index (κ3) is 3.94. The molecule has 1 fully saturated rings. The van der Waals surface area contributed by atoms with Crippen LogP contribution in [-0.4, -0.2) is 38.4 Å². The zero-order chi connectivity index (χ0) is 13.6. The van der Waals surface area contributed by atoms with Gasteiger partial charge >= 0.3 is 0 Å². The van der Waals surface area contributed by atoms with Gasteiger partial charge in [-0.1, -0.05) is 13.3 Å². The highest BCUT2D eigenvalue weighted by Crippen LogP contribution is 2.27. The molecule has 4 heteroatoms. The van der Waals surface area contributed by atoms with E-state index in [1.54, 1.807) is 7.11 Å². The zero-order valence-electron chi connectivity index (χ0n) is 12.1. The fourth-order valence-electron chi connectivity index (χ4n) is 2.44. The van der Waals surface area contributed by atoms with Crippen LogP contribution in [-0.2, 0) is 4.74 Å². The third-order valence-corrected chi connectivity index (χ3v) is 3.90. The van der Waals surface area contributed by atoms with Crippen LogP contribution in [0.15, 0.2) is 0 Å². The predicted molar refractivity (Wildman–Crippen MR) is 73.3 cm³/mol. The summed E-state index contributed by atoms with van der Waals surface area (Å²) >= 11 is 0. The van der Waals surface area contributed by atoms with Crippen LogP contribution in [0.5, 0.6) is 0 Å². The third-order valence-electron chi connectivity index (χ3n) is 3.90. The summed E-state index contributed by atoms with van der Waals surface area (Å²) in [5, 5.41) is 16.2. The summed E-state index contributed by atoms with van der Waals surface area (Å²) in [6.45, 7) is 8.08. The summed E-state index contributed by atoms with van der Waals surface area (Å²) in [6, 6.07) is 2.94. The van der Waals surface area contributed by atoms with Crippen molar-refractivity contribution in [3.63, 3.8) is 0 Å². The van der Waals surface area contributed by atoms with Gasteiger partial charge in [-0.3, -0.25) is 0 Å². The maximum atomic E-state index is 9.20. The number of hydrogen-bond acceptors (Lipinski definition) is 4. The molecule has 0 saturated carbocycles. The number of nitriles is 1. The van der Waals surface area contributed by atoms with Gasteiger partial charge in [-0.25, -0.2) is 0 Å². The number of methoxy groups -OCH3 is 1. The minimum Gasteiger partial charge on any atom is -0.380 e. The van der Waals surface area contributed by atoms with Crippen LogP contribution in [0.25, 0.3) is 0 Å². The van der Waals surface area contributed by atoms with Gasteiger partial charge in [0, 0.05) is 25.7 Å². The predicted octanol–water partition coefficient (Wildman–Crippen LogP) is 1.67. The number of nitrogens with zero attached hydrogens (tertiary/aromatic N) is 1. The molecule has 0 aromatic rings. The van der Waals surface area contributed by atoms with E-state index in [1.807, 2.05) is 13.8 Å². The molecular formula is C14H27N3O. The van der Waals surface area contributed by atoms with Gasteiger partial charge in [0.05, 0.1) is 17.6 Å². The molecule has 0 aliphatic carbocycles. The van der Waals surface area contributed by atoms with Crippen molar-refractivity contribution >= 4 is 0 Å². The van der Waals surface area contributed by atoms with E-state index in [2.05, 4.69) is 23.6 Å². The molecule has 4 nitrogen and oxygen atoms in total. The Bertz CT molecular complexity index is 285. The smallest absolute Gasteiger partial charge is 0.0752 e. The quantitative estimate of drug-likeness (QED) is 0.707. The molecule has 1 saturated heterocycles. The maximum Gasteiger partial charge on any atom is 0.0752 e. The zero-order valence-corrected chi connectivity index (χ0v) is 12.1. The average molecular weight is 253 g/mol. The van der Waals surface area contributed by atoms with Crippen LogP contribution in [0.3, 0.4) is 0 Å². The van der Waals surface area contributed by atoms with Gasteiger partial charge < -0.3 is 15.4 Å². The molecule has 0 aromatic carbocycles. The summed E-state index contributed by atoms with van der Waals surface area (Å²) in [5.74, 6) is 0. The van der Waals surface area contributed by atoms with Gasteiger partial charge in [0.1, 0.15) is 0 Å². The van der Waals surface area contributed by atoms with Gasteiger partial charge in [-0.05, 0) is 33.2 Å². The van der Waals surface area contributed by atoms with Crippen molar-refractivity contribution in [1.82, 2.24) is 10.6 Å². The molecule has 0 spiro atoms. The largest absolute Gasteiger partial charge is 0.380 e. The molecule has 3 atom stereocenters. The molecule has 0 amide bonds. The normalized spacial score (nSPS) is 28.9. The first kappa shape index (κ1) is 15.4. The van der Waals surface area contributed by atoms with Crippen molar-refractivity contribution < 1.29 is 4.74 Å². The second kappa shape index (κ2) is 7.08. The fourth-order valence-corrected chi connectivity index (χ4v) is 2.44. The molecule has 1 aliphatic heterocycles. The van der Waals surface area contributed by atoms with Gasteiger partial charge in [0.2, 0.25) is 0 Å². The second-order valence-corrected chi connectivity index (χ2v) is 5.72. The maximum absolute atomic E-state index is 9.20. The van der Waals surface area contributed by atoms with E-state index >= 15 is 0 Å². The van der Waals surface area contributed by atoms with Crippen LogP contribution < -0.4 is 10.6 Å². The highest BCUT2D eigenvalue weighted by molar-refractivity contribution is 5.04. The van der Waals surface area contributed by atoms with Gasteiger partial charge in [-0.2, -0.15) is 5.26 Å². The average Bonchev–Trinajstić information content (AvgIpc) is 2.39. The van der Waals surface area contributed by atoms with E-state index < -0.39 is 0 Å². The summed E-state index contributed by atoms with van der Waals surface area (Å²) in [5.41, 5.74) is -0.342. The van der Waals surface area contributed by atoms with Crippen molar-refractivity contribution in [3.8, 4) is 6.07 Å². The first-order valence-corrected chi connectivity index (χ1v) is 6.96. The monoisotopic (exact) mass is 253 g/mol. The topological polar surface area (TPSA) is 57.1 Å². The number of piperidine rings is 1. The van der Waals surface area contributed by atoms with Crippen molar-refractivity contribution in [2.24, 2.45) is 5.41 Å². The van der Waals surface area contributed by atoms with Crippen LogP contribution in [0.4, 0.5) is 0 Å². The molecular weight excluding hydrogens is 226 g/mol. The van der Waals surface area contributed by atoms with Crippen LogP contribution >= 0.6 is 0 Å². The molecule has 2 N–H and O–H groups in total. The van der Waals surface area contributed by atoms with E-state index in [4.69, 9.17) is 4.74 Å². The van der Waals surface area contributed by atoms with Crippen LogP contribution in [0, 0.1) is 16.7 Å². The number of hydrogen-bond donors (Lipinski definition) is 2. The fraction of sp³-hybridized carbons (Fsp3) is 0.929. The Morgan fingerprint density at radius 1 is 1.50 bits per heavy atom. The lowest BCUT2D eigenvalue weighted by Crippen LogP contribution is -2.59. The molecule has 3 unspecified atom stereocenters. The minimum absolute atomic E-state index is 0.195. The van der Waals surface area contributed by atoms with E-state index in [-0.39, 0.29) is 17.6 Å². The number of rotatable bonds is 6. The van der Waals surface area contributed by atoms with Crippen molar-refractivity contribution in [3.05, 3.63) is 0 Å². The second-order valence-electron chi connectivity index (χ2n) is 5.72. The SMILES string of the molecule is CCCCNC1CNC(C(C)(C)C#N)CC1OC. The van der Waals surface area contributed by atoms with Crippen molar-refractivity contribution in [1.29, 1.82) is 5.26 Å².